The average molecular weight is 416 g/mol. The molecule has 138 valence electrons. The molecule has 2 amide bonds. The zero-order valence-electron chi connectivity index (χ0n) is 14.5. The van der Waals surface area contributed by atoms with Crippen molar-refractivity contribution in [3.63, 3.8) is 0 Å². The molecule has 1 saturated heterocycles. The maximum Gasteiger partial charge on any atom is 0.266 e. The number of anilines is 1. The van der Waals surface area contributed by atoms with Crippen molar-refractivity contribution in [1.29, 1.82) is 0 Å². The summed E-state index contributed by atoms with van der Waals surface area (Å²) in [6, 6.07) is 9.83. The van der Waals surface area contributed by atoms with E-state index in [1.54, 1.807) is 6.08 Å². The maximum atomic E-state index is 12.5. The van der Waals surface area contributed by atoms with Gasteiger partial charge in [-0.25, -0.2) is 4.98 Å². The number of carbonyl (C=O) groups is 2. The molecule has 0 atom stereocenters. The van der Waals surface area contributed by atoms with Crippen LogP contribution in [0.2, 0.25) is 0 Å². The highest BCUT2D eigenvalue weighted by Crippen LogP contribution is 2.31. The van der Waals surface area contributed by atoms with Crippen LogP contribution in [-0.2, 0) is 9.59 Å². The van der Waals surface area contributed by atoms with Crippen LogP contribution in [0, 0.1) is 6.92 Å². The molecule has 8 heteroatoms. The highest BCUT2D eigenvalue weighted by molar-refractivity contribution is 8.26. The summed E-state index contributed by atoms with van der Waals surface area (Å²) < 4.78 is 0.470. The monoisotopic (exact) mass is 415 g/mol. The summed E-state index contributed by atoms with van der Waals surface area (Å²) in [5.41, 5.74) is 1.92. The first-order chi connectivity index (χ1) is 13.0. The Balaban J connectivity index is 1.55. The van der Waals surface area contributed by atoms with E-state index in [9.17, 15) is 9.59 Å². The average Bonchev–Trinajstić information content (AvgIpc) is 3.17. The number of aromatic nitrogens is 1. The Labute approximate surface area is 171 Å². The Kier molecular flexibility index (Phi) is 6.54. The lowest BCUT2D eigenvalue weighted by atomic mass is 10.2. The number of thiocarbonyl (C=S) groups is 1. The van der Waals surface area contributed by atoms with Crippen LogP contribution in [0.1, 0.15) is 17.7 Å². The minimum Gasteiger partial charge on any atom is -0.302 e. The summed E-state index contributed by atoms with van der Waals surface area (Å²) >= 11 is 7.91. The van der Waals surface area contributed by atoms with E-state index in [4.69, 9.17) is 12.2 Å². The molecule has 0 radical (unpaired) electrons. The second-order valence-corrected chi connectivity index (χ2v) is 8.25. The van der Waals surface area contributed by atoms with E-state index in [1.165, 1.54) is 28.0 Å². The van der Waals surface area contributed by atoms with Gasteiger partial charge in [0.2, 0.25) is 5.91 Å². The van der Waals surface area contributed by atoms with Gasteiger partial charge in [0.05, 0.1) is 10.6 Å². The zero-order valence-corrected chi connectivity index (χ0v) is 17.0. The van der Waals surface area contributed by atoms with Crippen molar-refractivity contribution in [1.82, 2.24) is 9.88 Å². The van der Waals surface area contributed by atoms with Gasteiger partial charge in [-0.1, -0.05) is 66.5 Å². The van der Waals surface area contributed by atoms with Gasteiger partial charge in [-0.05, 0) is 18.6 Å². The number of carbonyl (C=O) groups excluding carboxylic acids is 2. The maximum absolute atomic E-state index is 12.5. The number of amides is 2. The van der Waals surface area contributed by atoms with E-state index in [1.807, 2.05) is 54.8 Å². The third kappa shape index (κ3) is 5.35. The second kappa shape index (κ2) is 9.07. The Morgan fingerprint density at radius 2 is 2.11 bits per heavy atom. The van der Waals surface area contributed by atoms with Gasteiger partial charge in [0.25, 0.3) is 5.91 Å². The first-order valence-corrected chi connectivity index (χ1v) is 10.3. The van der Waals surface area contributed by atoms with Crippen molar-refractivity contribution in [2.24, 2.45) is 0 Å². The van der Waals surface area contributed by atoms with E-state index >= 15 is 0 Å². The van der Waals surface area contributed by atoms with Crippen LogP contribution in [0.15, 0.2) is 52.8 Å². The molecular weight excluding hydrogens is 398 g/mol. The van der Waals surface area contributed by atoms with E-state index in [2.05, 4.69) is 10.3 Å². The predicted octanol–water partition coefficient (Wildman–Crippen LogP) is 4.24. The summed E-state index contributed by atoms with van der Waals surface area (Å²) in [6.07, 6.45) is 5.68. The van der Waals surface area contributed by atoms with Crippen molar-refractivity contribution in [3.05, 3.63) is 64.0 Å². The molecule has 1 aromatic heterocycles. The first kappa shape index (κ1) is 19.5. The number of hydrogen-bond acceptors (Lipinski definition) is 6. The lowest BCUT2D eigenvalue weighted by Crippen LogP contribution is -2.31. The molecule has 1 aliphatic heterocycles. The van der Waals surface area contributed by atoms with E-state index in [0.717, 1.165) is 11.3 Å². The summed E-state index contributed by atoms with van der Waals surface area (Å²) in [7, 11) is 0. The number of thiazole rings is 1. The van der Waals surface area contributed by atoms with Crippen molar-refractivity contribution in [2.45, 2.75) is 13.3 Å². The Bertz CT molecular complexity index is 919. The van der Waals surface area contributed by atoms with Crippen LogP contribution in [0.5, 0.6) is 0 Å². The molecular formula is C19H17N3O2S3. The Morgan fingerprint density at radius 1 is 1.33 bits per heavy atom. The lowest BCUT2D eigenvalue weighted by Gasteiger charge is -2.13. The molecule has 0 aliphatic carbocycles. The van der Waals surface area contributed by atoms with Crippen molar-refractivity contribution in [3.8, 4) is 0 Å². The van der Waals surface area contributed by atoms with E-state index in [-0.39, 0.29) is 24.8 Å². The smallest absolute Gasteiger partial charge is 0.266 e. The molecule has 0 saturated carbocycles. The van der Waals surface area contributed by atoms with Crippen LogP contribution >= 0.6 is 35.3 Å². The third-order valence-electron chi connectivity index (χ3n) is 3.64. The van der Waals surface area contributed by atoms with Gasteiger partial charge in [0.1, 0.15) is 4.32 Å². The predicted molar refractivity (Wildman–Crippen MR) is 116 cm³/mol. The first-order valence-electron chi connectivity index (χ1n) is 8.22. The van der Waals surface area contributed by atoms with Gasteiger partial charge in [-0.15, -0.1) is 11.3 Å². The van der Waals surface area contributed by atoms with Crippen LogP contribution < -0.4 is 5.32 Å². The molecule has 1 aliphatic rings. The summed E-state index contributed by atoms with van der Waals surface area (Å²) in [6.45, 7) is 2.12. The van der Waals surface area contributed by atoms with Gasteiger partial charge in [-0.3, -0.25) is 14.5 Å². The molecule has 3 rings (SSSR count). The van der Waals surface area contributed by atoms with Crippen LogP contribution in [0.3, 0.4) is 0 Å². The molecule has 1 N–H and O–H groups in total. The molecule has 5 nitrogen and oxygen atoms in total. The Morgan fingerprint density at radius 3 is 2.81 bits per heavy atom. The highest BCUT2D eigenvalue weighted by atomic mass is 32.2. The van der Waals surface area contributed by atoms with Crippen LogP contribution in [0.4, 0.5) is 5.13 Å². The molecule has 1 fully saturated rings. The normalized spacial score (nSPS) is 15.9. The molecule has 0 bridgehead atoms. The van der Waals surface area contributed by atoms with E-state index in [0.29, 0.717) is 14.4 Å². The number of nitrogens with one attached hydrogen (secondary N) is 1. The molecule has 0 unspecified atom stereocenters. The fraction of sp³-hybridized carbons (Fsp3) is 0.158. The number of allylic oxidation sites excluding steroid dienone is 2. The highest BCUT2D eigenvalue weighted by Gasteiger charge is 2.31. The fourth-order valence-corrected chi connectivity index (χ4v) is 4.29. The quantitative estimate of drug-likeness (QED) is 0.565. The molecule has 2 heterocycles. The largest absolute Gasteiger partial charge is 0.302 e. The Hall–Kier alpha value is -2.29. The number of aryl methyl sites for hydroxylation is 1. The van der Waals surface area contributed by atoms with Crippen molar-refractivity contribution >= 4 is 62.7 Å². The van der Waals surface area contributed by atoms with Gasteiger partial charge in [0.15, 0.2) is 5.13 Å². The molecule has 27 heavy (non-hydrogen) atoms. The molecule has 0 spiro atoms. The number of benzene rings is 1. The zero-order chi connectivity index (χ0) is 19.2. The number of nitrogens with zero attached hydrogens (tertiary/aromatic N) is 2. The number of thioether (sulfide) groups is 1. The van der Waals surface area contributed by atoms with Crippen LogP contribution in [0.25, 0.3) is 6.08 Å². The number of rotatable bonds is 6. The summed E-state index contributed by atoms with van der Waals surface area (Å²) in [5, 5.41) is 5.16. The van der Waals surface area contributed by atoms with E-state index < -0.39 is 0 Å². The minimum atomic E-state index is -0.189. The fourth-order valence-electron chi connectivity index (χ4n) is 2.32. The van der Waals surface area contributed by atoms with Gasteiger partial charge in [0, 0.05) is 18.3 Å². The topological polar surface area (TPSA) is 62.3 Å². The summed E-state index contributed by atoms with van der Waals surface area (Å²) in [4.78, 5) is 30.8. The van der Waals surface area contributed by atoms with Crippen LogP contribution in [-0.4, -0.2) is 32.6 Å². The van der Waals surface area contributed by atoms with Gasteiger partial charge >= 0.3 is 0 Å². The van der Waals surface area contributed by atoms with Crippen molar-refractivity contribution in [2.75, 3.05) is 11.9 Å². The standard InChI is InChI=1S/C19H17N3O2S3/c1-13-12-26-18(20-13)21-16(23)10-11-22-17(24)15(27-19(22)25)9-5-8-14-6-3-2-4-7-14/h2-9,12H,10-11H2,1H3,(H,20,21,23)/b8-5+,15-9-. The molecule has 2 aromatic rings. The summed E-state index contributed by atoms with van der Waals surface area (Å²) in [5.74, 6) is -0.355. The van der Waals surface area contributed by atoms with Gasteiger partial charge in [-0.2, -0.15) is 0 Å². The van der Waals surface area contributed by atoms with Gasteiger partial charge < -0.3 is 5.32 Å². The molecule has 1 aromatic carbocycles. The lowest BCUT2D eigenvalue weighted by molar-refractivity contribution is -0.122. The minimum absolute atomic E-state index is 0.165. The number of hydrogen-bond donors (Lipinski definition) is 1. The SMILES string of the molecule is Cc1csc(NC(=O)CCN2C(=O)/C(=C/C=C/c3ccccc3)SC2=S)n1. The third-order valence-corrected chi connectivity index (χ3v) is 5.91. The van der Waals surface area contributed by atoms with Crippen molar-refractivity contribution < 1.29 is 9.59 Å². The second-order valence-electron chi connectivity index (χ2n) is 5.72.